The summed E-state index contributed by atoms with van der Waals surface area (Å²) in [6.45, 7) is 4.00. The minimum absolute atomic E-state index is 1.12. The van der Waals surface area contributed by atoms with Crippen molar-refractivity contribution in [1.82, 2.24) is 0 Å². The quantitative estimate of drug-likeness (QED) is 0.530. The highest BCUT2D eigenvalue weighted by molar-refractivity contribution is 7.14. The van der Waals surface area contributed by atoms with Crippen molar-refractivity contribution in [1.29, 1.82) is 0 Å². The van der Waals surface area contributed by atoms with E-state index >= 15 is 0 Å². The fourth-order valence-electron chi connectivity index (χ4n) is 0.614. The first-order valence-electron chi connectivity index (χ1n) is 2.87. The van der Waals surface area contributed by atoms with Crippen LogP contribution < -0.4 is 0 Å². The monoisotopic (exact) mass is 139 g/mol. The fourth-order valence-corrected chi connectivity index (χ4v) is 1.44. The molecule has 1 aromatic heterocycles. The third kappa shape index (κ3) is 1.39. The molecule has 0 saturated carbocycles. The van der Waals surface area contributed by atoms with E-state index in [0.29, 0.717) is 0 Å². The molecule has 0 aliphatic rings. The zero-order chi connectivity index (χ0) is 6.69. The summed E-state index contributed by atoms with van der Waals surface area (Å²) in [5, 5.41) is 3.18. The Bertz CT molecular complexity index is 212. The molecule has 0 saturated heterocycles. The Morgan fingerprint density at radius 1 is 1.67 bits per heavy atom. The Hall–Kier alpha value is -0.630. The summed E-state index contributed by atoms with van der Waals surface area (Å²) in [5.41, 5.74) is 1.26. The van der Waals surface area contributed by atoms with Gasteiger partial charge in [-0.2, -0.15) is 0 Å². The van der Waals surface area contributed by atoms with Gasteiger partial charge < -0.3 is 0 Å². The molecule has 0 radical (unpaired) electrons. The van der Waals surface area contributed by atoms with Crippen LogP contribution in [0.1, 0.15) is 12.5 Å². The number of thiophene rings is 1. The lowest BCUT2D eigenvalue weighted by molar-refractivity contribution is 1.48. The van der Waals surface area contributed by atoms with E-state index in [0.717, 1.165) is 5.00 Å². The molecule has 0 aromatic carbocycles. The van der Waals surface area contributed by atoms with Crippen LogP contribution in [0.5, 0.6) is 0 Å². The summed E-state index contributed by atoms with van der Waals surface area (Å²) in [4.78, 5) is 4.16. The van der Waals surface area contributed by atoms with Crippen LogP contribution >= 0.6 is 11.3 Å². The van der Waals surface area contributed by atoms with Crippen LogP contribution in [0.25, 0.3) is 0 Å². The highest BCUT2D eigenvalue weighted by Crippen LogP contribution is 2.24. The maximum absolute atomic E-state index is 4.16. The number of aryl methyl sites for hydroxylation is 1. The molecule has 48 valence electrons. The summed E-state index contributed by atoms with van der Waals surface area (Å²) in [6.07, 6.45) is 1.82. The van der Waals surface area contributed by atoms with Gasteiger partial charge >= 0.3 is 0 Å². The number of rotatable bonds is 1. The second-order valence-corrected chi connectivity index (χ2v) is 2.69. The molecule has 0 unspecified atom stereocenters. The lowest BCUT2D eigenvalue weighted by atomic mass is 10.4. The molecule has 0 bridgehead atoms. The Morgan fingerprint density at radius 2 is 2.44 bits per heavy atom. The van der Waals surface area contributed by atoms with E-state index in [1.54, 1.807) is 11.3 Å². The second-order valence-electron chi connectivity index (χ2n) is 1.80. The topological polar surface area (TPSA) is 12.4 Å². The van der Waals surface area contributed by atoms with Crippen LogP contribution in [0.4, 0.5) is 5.00 Å². The minimum Gasteiger partial charge on any atom is -0.250 e. The van der Waals surface area contributed by atoms with Gasteiger partial charge in [0.05, 0.1) is 0 Å². The molecule has 2 heteroatoms. The average molecular weight is 139 g/mol. The Labute approximate surface area is 59.1 Å². The Balaban J connectivity index is 2.94. The molecule has 0 fully saturated rings. The molecule has 0 spiro atoms. The SMILES string of the molecule is C/C=N\c1sccc1C. The highest BCUT2D eigenvalue weighted by Gasteiger charge is 1.92. The first-order valence-corrected chi connectivity index (χ1v) is 3.75. The Kier molecular flexibility index (Phi) is 2.01. The van der Waals surface area contributed by atoms with Crippen molar-refractivity contribution in [2.75, 3.05) is 0 Å². The minimum atomic E-state index is 1.12. The maximum atomic E-state index is 4.16. The number of hydrogen-bond donors (Lipinski definition) is 0. The zero-order valence-electron chi connectivity index (χ0n) is 5.59. The molecule has 1 aromatic rings. The van der Waals surface area contributed by atoms with Crippen LogP contribution in [0.2, 0.25) is 0 Å². The van der Waals surface area contributed by atoms with E-state index in [-0.39, 0.29) is 0 Å². The van der Waals surface area contributed by atoms with Crippen molar-refractivity contribution in [3.63, 3.8) is 0 Å². The van der Waals surface area contributed by atoms with Gasteiger partial charge in [0.2, 0.25) is 0 Å². The van der Waals surface area contributed by atoms with E-state index in [1.165, 1.54) is 5.56 Å². The number of aliphatic imine (C=N–C) groups is 1. The number of nitrogens with zero attached hydrogens (tertiary/aromatic N) is 1. The van der Waals surface area contributed by atoms with E-state index in [2.05, 4.69) is 23.4 Å². The van der Waals surface area contributed by atoms with Gasteiger partial charge in [-0.15, -0.1) is 11.3 Å². The van der Waals surface area contributed by atoms with Crippen LogP contribution in [0, 0.1) is 6.92 Å². The maximum Gasteiger partial charge on any atom is 0.118 e. The van der Waals surface area contributed by atoms with Gasteiger partial charge in [0, 0.05) is 6.21 Å². The summed E-state index contributed by atoms with van der Waals surface area (Å²) >= 11 is 1.68. The fraction of sp³-hybridized carbons (Fsp3) is 0.286. The molecule has 1 heterocycles. The van der Waals surface area contributed by atoms with Gasteiger partial charge in [-0.05, 0) is 30.9 Å². The van der Waals surface area contributed by atoms with Crippen LogP contribution in [0.3, 0.4) is 0 Å². The zero-order valence-corrected chi connectivity index (χ0v) is 6.40. The third-order valence-electron chi connectivity index (χ3n) is 1.08. The van der Waals surface area contributed by atoms with Crippen LogP contribution in [-0.4, -0.2) is 6.21 Å². The van der Waals surface area contributed by atoms with Crippen molar-refractivity contribution in [2.24, 2.45) is 4.99 Å². The van der Waals surface area contributed by atoms with Crippen molar-refractivity contribution in [2.45, 2.75) is 13.8 Å². The normalized spacial score (nSPS) is 10.9. The molecule has 9 heavy (non-hydrogen) atoms. The van der Waals surface area contributed by atoms with E-state index in [9.17, 15) is 0 Å². The van der Waals surface area contributed by atoms with Gasteiger partial charge in [0.25, 0.3) is 0 Å². The first kappa shape index (κ1) is 6.49. The van der Waals surface area contributed by atoms with E-state index in [1.807, 2.05) is 13.1 Å². The summed E-state index contributed by atoms with van der Waals surface area (Å²) < 4.78 is 0. The lowest BCUT2D eigenvalue weighted by Gasteiger charge is -1.84. The summed E-state index contributed by atoms with van der Waals surface area (Å²) in [6, 6.07) is 2.08. The van der Waals surface area contributed by atoms with Crippen LogP contribution in [-0.2, 0) is 0 Å². The van der Waals surface area contributed by atoms with Crippen molar-refractivity contribution in [3.05, 3.63) is 17.0 Å². The molecule has 0 amide bonds. The predicted molar refractivity (Wildman–Crippen MR) is 42.9 cm³/mol. The molecule has 0 atom stereocenters. The molecule has 0 aliphatic carbocycles. The number of hydrogen-bond acceptors (Lipinski definition) is 2. The lowest BCUT2D eigenvalue weighted by Crippen LogP contribution is -1.60. The van der Waals surface area contributed by atoms with Gasteiger partial charge in [-0.3, -0.25) is 4.99 Å². The molecule has 0 N–H and O–H groups in total. The molecular formula is C7H9NS. The van der Waals surface area contributed by atoms with Gasteiger partial charge in [0.15, 0.2) is 0 Å². The first-order chi connectivity index (χ1) is 4.34. The highest BCUT2D eigenvalue weighted by atomic mass is 32.1. The Morgan fingerprint density at radius 3 is 2.89 bits per heavy atom. The summed E-state index contributed by atoms with van der Waals surface area (Å²) in [5.74, 6) is 0. The van der Waals surface area contributed by atoms with Gasteiger partial charge in [0.1, 0.15) is 5.00 Å². The second kappa shape index (κ2) is 2.78. The third-order valence-corrected chi connectivity index (χ3v) is 2.00. The molecule has 0 aliphatic heterocycles. The van der Waals surface area contributed by atoms with Crippen LogP contribution in [0.15, 0.2) is 16.4 Å². The summed E-state index contributed by atoms with van der Waals surface area (Å²) in [7, 11) is 0. The predicted octanol–water partition coefficient (Wildman–Crippen LogP) is 2.78. The van der Waals surface area contributed by atoms with Crippen molar-refractivity contribution >= 4 is 22.6 Å². The van der Waals surface area contributed by atoms with E-state index in [4.69, 9.17) is 0 Å². The smallest absolute Gasteiger partial charge is 0.118 e. The average Bonchev–Trinajstić information content (AvgIpc) is 2.18. The van der Waals surface area contributed by atoms with E-state index < -0.39 is 0 Å². The largest absolute Gasteiger partial charge is 0.250 e. The molecule has 1 rings (SSSR count). The van der Waals surface area contributed by atoms with Crippen molar-refractivity contribution in [3.8, 4) is 0 Å². The molecular weight excluding hydrogens is 130 g/mol. The van der Waals surface area contributed by atoms with Gasteiger partial charge in [-0.1, -0.05) is 0 Å². The van der Waals surface area contributed by atoms with Crippen molar-refractivity contribution < 1.29 is 0 Å². The standard InChI is InChI=1S/C7H9NS/c1-3-8-7-6(2)4-5-9-7/h3-5H,1-2H3/b8-3-. The molecule has 1 nitrogen and oxygen atoms in total. The van der Waals surface area contributed by atoms with Gasteiger partial charge in [-0.25, -0.2) is 0 Å².